The normalized spacial score (nSPS) is 13.2. The minimum atomic E-state index is -0.578. The Kier molecular flexibility index (Phi) is 4.04. The molecule has 14 heavy (non-hydrogen) atoms. The van der Waals surface area contributed by atoms with Crippen LogP contribution in [0.3, 0.4) is 0 Å². The summed E-state index contributed by atoms with van der Waals surface area (Å²) in [7, 11) is 0. The molecule has 1 N–H and O–H groups in total. The highest BCUT2D eigenvalue weighted by molar-refractivity contribution is 5.23. The minimum Gasteiger partial charge on any atom is -0.386 e. The molecule has 0 aliphatic rings. The summed E-state index contributed by atoms with van der Waals surface area (Å²) in [5, 5.41) is 9.79. The third-order valence-electron chi connectivity index (χ3n) is 2.03. The minimum absolute atomic E-state index is 0.140. The first kappa shape index (κ1) is 11.1. The molecule has 0 fully saturated rings. The molecule has 0 aliphatic carbocycles. The van der Waals surface area contributed by atoms with E-state index in [0.717, 1.165) is 11.1 Å². The van der Waals surface area contributed by atoms with E-state index in [-0.39, 0.29) is 6.10 Å². The summed E-state index contributed by atoms with van der Waals surface area (Å²) in [6.07, 6.45) is 2.96. The van der Waals surface area contributed by atoms with Crippen molar-refractivity contribution in [2.45, 2.75) is 33.0 Å². The van der Waals surface area contributed by atoms with Gasteiger partial charge in [0.05, 0.1) is 12.7 Å². The Morgan fingerprint density at radius 1 is 1.50 bits per heavy atom. The van der Waals surface area contributed by atoms with Gasteiger partial charge in [-0.15, -0.1) is 0 Å². The second kappa shape index (κ2) is 5.08. The number of aliphatic hydroxyl groups is 1. The highest BCUT2D eigenvalue weighted by atomic mass is 16.5. The quantitative estimate of drug-likeness (QED) is 0.797. The number of aromatic nitrogens is 1. The lowest BCUT2D eigenvalue weighted by molar-refractivity contribution is 0.00456. The number of ether oxygens (including phenoxy) is 1. The lowest BCUT2D eigenvalue weighted by atomic mass is 10.1. The van der Waals surface area contributed by atoms with Crippen molar-refractivity contribution in [3.05, 3.63) is 29.6 Å². The maximum atomic E-state index is 9.79. The highest BCUT2D eigenvalue weighted by Crippen LogP contribution is 2.16. The fraction of sp³-hybridized carbons (Fsp3) is 0.545. The average molecular weight is 195 g/mol. The zero-order valence-corrected chi connectivity index (χ0v) is 8.90. The maximum Gasteiger partial charge on any atom is 0.104 e. The molecule has 0 saturated heterocycles. The van der Waals surface area contributed by atoms with Crippen molar-refractivity contribution >= 4 is 0 Å². The fourth-order valence-electron chi connectivity index (χ4n) is 1.20. The van der Waals surface area contributed by atoms with Crippen molar-refractivity contribution in [3.8, 4) is 0 Å². The fourth-order valence-corrected chi connectivity index (χ4v) is 1.20. The first-order chi connectivity index (χ1) is 6.61. The van der Waals surface area contributed by atoms with Gasteiger partial charge in [-0.25, -0.2) is 0 Å². The van der Waals surface area contributed by atoms with Gasteiger partial charge >= 0.3 is 0 Å². The lowest BCUT2D eigenvalue weighted by Gasteiger charge is -2.15. The molecular weight excluding hydrogens is 178 g/mol. The molecule has 1 aromatic rings. The van der Waals surface area contributed by atoms with Crippen LogP contribution in [0.1, 0.15) is 31.1 Å². The van der Waals surface area contributed by atoms with E-state index in [1.165, 1.54) is 0 Å². The standard InChI is InChI=1S/C11H17NO2/c1-8(2)14-7-11(13)10-6-12-5-4-9(10)3/h4-6,8,11,13H,7H2,1-3H3. The molecule has 1 aromatic heterocycles. The number of aliphatic hydroxyl groups excluding tert-OH is 1. The molecule has 0 aromatic carbocycles. The summed E-state index contributed by atoms with van der Waals surface area (Å²) in [5.74, 6) is 0. The van der Waals surface area contributed by atoms with Crippen LogP contribution < -0.4 is 0 Å². The Balaban J connectivity index is 2.60. The molecule has 1 unspecified atom stereocenters. The van der Waals surface area contributed by atoms with E-state index in [1.54, 1.807) is 12.4 Å². The summed E-state index contributed by atoms with van der Waals surface area (Å²) >= 11 is 0. The molecule has 0 amide bonds. The van der Waals surface area contributed by atoms with Gasteiger partial charge in [0.15, 0.2) is 0 Å². The number of rotatable bonds is 4. The monoisotopic (exact) mass is 195 g/mol. The molecular formula is C11H17NO2. The lowest BCUT2D eigenvalue weighted by Crippen LogP contribution is -2.12. The second-order valence-corrected chi connectivity index (χ2v) is 3.63. The third-order valence-corrected chi connectivity index (χ3v) is 2.03. The Morgan fingerprint density at radius 3 is 2.79 bits per heavy atom. The molecule has 0 saturated carbocycles. The van der Waals surface area contributed by atoms with Crippen LogP contribution in [0.15, 0.2) is 18.5 Å². The van der Waals surface area contributed by atoms with Gasteiger partial charge < -0.3 is 9.84 Å². The van der Waals surface area contributed by atoms with Crippen molar-refractivity contribution in [1.29, 1.82) is 0 Å². The third kappa shape index (κ3) is 3.09. The van der Waals surface area contributed by atoms with Crippen LogP contribution in [0.5, 0.6) is 0 Å². The van der Waals surface area contributed by atoms with Crippen LogP contribution in [0.4, 0.5) is 0 Å². The Morgan fingerprint density at radius 2 is 2.21 bits per heavy atom. The van der Waals surface area contributed by atoms with E-state index in [0.29, 0.717) is 6.61 Å². The van der Waals surface area contributed by atoms with Crippen LogP contribution in [0.2, 0.25) is 0 Å². The van der Waals surface area contributed by atoms with Gasteiger partial charge in [-0.3, -0.25) is 4.98 Å². The predicted octanol–water partition coefficient (Wildman–Crippen LogP) is 1.85. The molecule has 0 aliphatic heterocycles. The average Bonchev–Trinajstić information content (AvgIpc) is 2.15. The van der Waals surface area contributed by atoms with Gasteiger partial charge in [0.25, 0.3) is 0 Å². The van der Waals surface area contributed by atoms with Crippen LogP contribution in [0.25, 0.3) is 0 Å². The van der Waals surface area contributed by atoms with E-state index in [2.05, 4.69) is 4.98 Å². The number of pyridine rings is 1. The summed E-state index contributed by atoms with van der Waals surface area (Å²) in [5.41, 5.74) is 1.88. The zero-order valence-electron chi connectivity index (χ0n) is 8.90. The Hall–Kier alpha value is -0.930. The Labute approximate surface area is 84.7 Å². The van der Waals surface area contributed by atoms with Gasteiger partial charge in [-0.2, -0.15) is 0 Å². The number of hydrogen-bond donors (Lipinski definition) is 1. The van der Waals surface area contributed by atoms with Crippen molar-refractivity contribution in [1.82, 2.24) is 4.98 Å². The van der Waals surface area contributed by atoms with E-state index >= 15 is 0 Å². The van der Waals surface area contributed by atoms with Crippen LogP contribution >= 0.6 is 0 Å². The number of nitrogens with zero attached hydrogens (tertiary/aromatic N) is 1. The maximum absolute atomic E-state index is 9.79. The first-order valence-corrected chi connectivity index (χ1v) is 4.81. The van der Waals surface area contributed by atoms with Gasteiger partial charge in [0.2, 0.25) is 0 Å². The van der Waals surface area contributed by atoms with Gasteiger partial charge in [-0.05, 0) is 32.4 Å². The summed E-state index contributed by atoms with van der Waals surface area (Å²) in [6.45, 7) is 6.17. The van der Waals surface area contributed by atoms with Crippen molar-refractivity contribution in [2.75, 3.05) is 6.61 Å². The summed E-state index contributed by atoms with van der Waals surface area (Å²) < 4.78 is 5.34. The first-order valence-electron chi connectivity index (χ1n) is 4.81. The number of hydrogen-bond acceptors (Lipinski definition) is 3. The molecule has 0 radical (unpaired) electrons. The molecule has 1 rings (SSSR count). The van der Waals surface area contributed by atoms with Crippen molar-refractivity contribution in [2.24, 2.45) is 0 Å². The predicted molar refractivity (Wildman–Crippen MR) is 55.0 cm³/mol. The topological polar surface area (TPSA) is 42.4 Å². The van der Waals surface area contributed by atoms with Crippen molar-refractivity contribution in [3.63, 3.8) is 0 Å². The second-order valence-electron chi connectivity index (χ2n) is 3.63. The van der Waals surface area contributed by atoms with Crippen LogP contribution in [-0.2, 0) is 4.74 Å². The Bertz CT molecular complexity index is 286. The van der Waals surface area contributed by atoms with Crippen LogP contribution in [-0.4, -0.2) is 22.8 Å². The van der Waals surface area contributed by atoms with E-state index < -0.39 is 6.10 Å². The largest absolute Gasteiger partial charge is 0.386 e. The molecule has 0 bridgehead atoms. The van der Waals surface area contributed by atoms with Gasteiger partial charge in [-0.1, -0.05) is 0 Å². The van der Waals surface area contributed by atoms with E-state index in [4.69, 9.17) is 4.74 Å². The van der Waals surface area contributed by atoms with Crippen molar-refractivity contribution < 1.29 is 9.84 Å². The molecule has 3 nitrogen and oxygen atoms in total. The van der Waals surface area contributed by atoms with Gasteiger partial charge in [0.1, 0.15) is 6.10 Å². The summed E-state index contributed by atoms with van der Waals surface area (Å²) in [4.78, 5) is 3.98. The van der Waals surface area contributed by atoms with E-state index in [9.17, 15) is 5.11 Å². The van der Waals surface area contributed by atoms with E-state index in [1.807, 2.05) is 26.8 Å². The molecule has 3 heteroatoms. The van der Waals surface area contributed by atoms with Gasteiger partial charge in [0, 0.05) is 18.0 Å². The number of aryl methyl sites for hydroxylation is 1. The van der Waals surface area contributed by atoms with Crippen LogP contribution in [0, 0.1) is 6.92 Å². The molecule has 1 atom stereocenters. The molecule has 0 spiro atoms. The highest BCUT2D eigenvalue weighted by Gasteiger charge is 2.10. The molecule has 1 heterocycles. The SMILES string of the molecule is Cc1ccncc1C(O)COC(C)C. The zero-order chi connectivity index (χ0) is 10.6. The summed E-state index contributed by atoms with van der Waals surface area (Å²) in [6, 6.07) is 1.88. The molecule has 78 valence electrons. The smallest absolute Gasteiger partial charge is 0.104 e.